The molecule has 0 saturated carbocycles. The van der Waals surface area contributed by atoms with Gasteiger partial charge in [0.25, 0.3) is 15.7 Å². The molecule has 0 atom stereocenters. The van der Waals surface area contributed by atoms with Crippen molar-refractivity contribution in [3.63, 3.8) is 0 Å². The lowest BCUT2D eigenvalue weighted by Crippen LogP contribution is -2.24. The zero-order valence-corrected chi connectivity index (χ0v) is 17.5. The highest BCUT2D eigenvalue weighted by atomic mass is 32.2. The molecule has 0 saturated heterocycles. The average Bonchev–Trinajstić information content (AvgIpc) is 2.72. The number of nitrogens with one attached hydrogen (secondary N) is 1. The van der Waals surface area contributed by atoms with Crippen LogP contribution in [-0.2, 0) is 21.1 Å². The van der Waals surface area contributed by atoms with Gasteiger partial charge in [-0.1, -0.05) is 12.1 Å². The zero-order valence-electron chi connectivity index (χ0n) is 16.7. The van der Waals surface area contributed by atoms with Gasteiger partial charge in [-0.15, -0.1) is 6.58 Å². The number of halogens is 3. The third-order valence-electron chi connectivity index (χ3n) is 4.03. The minimum atomic E-state index is -5.59. The van der Waals surface area contributed by atoms with E-state index in [1.807, 2.05) is 0 Å². The van der Waals surface area contributed by atoms with Crippen molar-refractivity contribution in [2.75, 3.05) is 26.1 Å². The van der Waals surface area contributed by atoms with Crippen molar-refractivity contribution in [1.82, 2.24) is 0 Å². The van der Waals surface area contributed by atoms with Crippen molar-refractivity contribution in [2.24, 2.45) is 0 Å². The van der Waals surface area contributed by atoms with Crippen LogP contribution in [0.2, 0.25) is 0 Å². The van der Waals surface area contributed by atoms with E-state index in [0.29, 0.717) is 18.2 Å². The predicted molar refractivity (Wildman–Crippen MR) is 107 cm³/mol. The zero-order chi connectivity index (χ0) is 23.2. The Bertz CT molecular complexity index is 1070. The molecule has 0 radical (unpaired) electrons. The molecule has 0 aliphatic heterocycles. The van der Waals surface area contributed by atoms with E-state index in [1.165, 1.54) is 14.2 Å². The SMILES string of the molecule is C=CCc1ccc(OCC(=O)Nc2cc(S(=O)(=O)C(F)(F)F)ccc2OC)c(OC)c1. The summed E-state index contributed by atoms with van der Waals surface area (Å²) in [4.78, 5) is 11.2. The van der Waals surface area contributed by atoms with Crippen LogP contribution < -0.4 is 19.5 Å². The highest BCUT2D eigenvalue weighted by molar-refractivity contribution is 7.92. The monoisotopic (exact) mass is 459 g/mol. The molecular weight excluding hydrogens is 439 g/mol. The Balaban J connectivity index is 2.19. The van der Waals surface area contributed by atoms with Crippen LogP contribution in [0.3, 0.4) is 0 Å². The summed E-state index contributed by atoms with van der Waals surface area (Å²) in [5.41, 5.74) is -4.83. The molecular formula is C20H20F3NO6S. The topological polar surface area (TPSA) is 90.9 Å². The number of carbonyl (C=O) groups is 1. The number of amides is 1. The van der Waals surface area contributed by atoms with Gasteiger partial charge < -0.3 is 19.5 Å². The van der Waals surface area contributed by atoms with Crippen LogP contribution in [-0.4, -0.2) is 40.7 Å². The summed E-state index contributed by atoms with van der Waals surface area (Å²) in [6, 6.07) is 7.49. The highest BCUT2D eigenvalue weighted by Gasteiger charge is 2.47. The van der Waals surface area contributed by atoms with Crippen molar-refractivity contribution in [1.29, 1.82) is 0 Å². The van der Waals surface area contributed by atoms with Gasteiger partial charge in [0.1, 0.15) is 5.75 Å². The van der Waals surface area contributed by atoms with Gasteiger partial charge in [-0.25, -0.2) is 8.42 Å². The molecule has 0 aromatic heterocycles. The van der Waals surface area contributed by atoms with Crippen LogP contribution in [0.15, 0.2) is 53.9 Å². The summed E-state index contributed by atoms with van der Waals surface area (Å²) in [7, 11) is -2.95. The molecule has 7 nitrogen and oxygen atoms in total. The fourth-order valence-electron chi connectivity index (χ4n) is 2.54. The number of anilines is 1. The number of alkyl halides is 3. The van der Waals surface area contributed by atoms with Gasteiger partial charge in [0.2, 0.25) is 0 Å². The Kier molecular flexibility index (Phi) is 7.55. The molecule has 11 heteroatoms. The van der Waals surface area contributed by atoms with Crippen LogP contribution in [0.4, 0.5) is 18.9 Å². The Labute approximate surface area is 177 Å². The summed E-state index contributed by atoms with van der Waals surface area (Å²) in [6.07, 6.45) is 2.32. The number of rotatable bonds is 9. The maximum Gasteiger partial charge on any atom is 0.501 e. The van der Waals surface area contributed by atoms with Gasteiger partial charge in [0, 0.05) is 0 Å². The largest absolute Gasteiger partial charge is 0.501 e. The summed E-state index contributed by atoms with van der Waals surface area (Å²) in [5, 5.41) is 2.29. The van der Waals surface area contributed by atoms with Gasteiger partial charge in [0.15, 0.2) is 18.1 Å². The summed E-state index contributed by atoms with van der Waals surface area (Å²) in [5.74, 6) is -0.133. The van der Waals surface area contributed by atoms with Crippen LogP contribution in [0.5, 0.6) is 17.2 Å². The van der Waals surface area contributed by atoms with Gasteiger partial charge in [-0.3, -0.25) is 4.79 Å². The van der Waals surface area contributed by atoms with Crippen LogP contribution in [0.1, 0.15) is 5.56 Å². The first-order valence-corrected chi connectivity index (χ1v) is 10.2. The molecule has 0 bridgehead atoms. The third-order valence-corrected chi connectivity index (χ3v) is 5.51. The molecule has 31 heavy (non-hydrogen) atoms. The Hall–Kier alpha value is -3.21. The van der Waals surface area contributed by atoms with Crippen molar-refractivity contribution in [3.8, 4) is 17.2 Å². The minimum absolute atomic E-state index is 0.0270. The van der Waals surface area contributed by atoms with E-state index in [1.54, 1.807) is 24.3 Å². The number of sulfone groups is 1. The van der Waals surface area contributed by atoms with Crippen LogP contribution >= 0.6 is 0 Å². The Morgan fingerprint density at radius 2 is 1.71 bits per heavy atom. The van der Waals surface area contributed by atoms with E-state index >= 15 is 0 Å². The van der Waals surface area contributed by atoms with E-state index in [9.17, 15) is 26.4 Å². The quantitative estimate of drug-likeness (QED) is 0.575. The third kappa shape index (κ3) is 5.69. The van der Waals surface area contributed by atoms with E-state index in [0.717, 1.165) is 17.7 Å². The minimum Gasteiger partial charge on any atom is -0.495 e. The second kappa shape index (κ2) is 9.73. The van der Waals surface area contributed by atoms with Crippen LogP contribution in [0.25, 0.3) is 0 Å². The molecule has 0 spiro atoms. The molecule has 1 amide bonds. The second-order valence-corrected chi connectivity index (χ2v) is 8.07. The fraction of sp³-hybridized carbons (Fsp3) is 0.250. The fourth-order valence-corrected chi connectivity index (χ4v) is 3.33. The summed E-state index contributed by atoms with van der Waals surface area (Å²) >= 11 is 0. The first kappa shape index (κ1) is 24.1. The lowest BCUT2D eigenvalue weighted by Gasteiger charge is -2.15. The van der Waals surface area contributed by atoms with E-state index in [2.05, 4.69) is 11.9 Å². The first-order chi connectivity index (χ1) is 14.5. The van der Waals surface area contributed by atoms with Crippen molar-refractivity contribution in [3.05, 3.63) is 54.6 Å². The van der Waals surface area contributed by atoms with Gasteiger partial charge >= 0.3 is 5.51 Å². The lowest BCUT2D eigenvalue weighted by atomic mass is 10.1. The molecule has 0 aliphatic rings. The smallest absolute Gasteiger partial charge is 0.495 e. The normalized spacial score (nSPS) is 11.5. The molecule has 0 unspecified atom stereocenters. The van der Waals surface area contributed by atoms with Crippen molar-refractivity contribution >= 4 is 21.4 Å². The number of ether oxygens (including phenoxy) is 3. The molecule has 1 N–H and O–H groups in total. The lowest BCUT2D eigenvalue weighted by molar-refractivity contribution is -0.118. The summed E-state index contributed by atoms with van der Waals surface area (Å²) < 4.78 is 77.3. The number of hydrogen-bond donors (Lipinski definition) is 1. The highest BCUT2D eigenvalue weighted by Crippen LogP contribution is 2.35. The maximum atomic E-state index is 12.8. The molecule has 0 fully saturated rings. The van der Waals surface area contributed by atoms with Gasteiger partial charge in [-0.05, 0) is 42.3 Å². The summed E-state index contributed by atoms with van der Waals surface area (Å²) in [6.45, 7) is 3.13. The molecule has 2 aromatic carbocycles. The van der Waals surface area contributed by atoms with Crippen molar-refractivity contribution < 1.29 is 40.6 Å². The number of hydrogen-bond acceptors (Lipinski definition) is 6. The Morgan fingerprint density at radius 3 is 2.29 bits per heavy atom. The molecule has 0 aliphatic carbocycles. The molecule has 2 rings (SSSR count). The molecule has 168 valence electrons. The number of allylic oxidation sites excluding steroid dienone is 1. The number of benzene rings is 2. The standard InChI is InChI=1S/C20H20F3NO6S/c1-4-5-13-6-8-17(18(10-13)29-3)30-12-19(25)24-15-11-14(7-9-16(15)28-2)31(26,27)20(21,22)23/h4,6-11H,1,5,12H2,2-3H3,(H,24,25). The number of methoxy groups -OCH3 is 2. The van der Waals surface area contributed by atoms with Crippen molar-refractivity contribution in [2.45, 2.75) is 16.8 Å². The Morgan fingerprint density at radius 1 is 1.06 bits per heavy atom. The van der Waals surface area contributed by atoms with E-state index in [-0.39, 0.29) is 17.2 Å². The van der Waals surface area contributed by atoms with Gasteiger partial charge in [-0.2, -0.15) is 13.2 Å². The van der Waals surface area contributed by atoms with Gasteiger partial charge in [0.05, 0.1) is 24.8 Å². The second-order valence-electron chi connectivity index (χ2n) is 6.13. The van der Waals surface area contributed by atoms with Crippen LogP contribution in [0, 0.1) is 0 Å². The molecule has 0 heterocycles. The number of carbonyl (C=O) groups excluding carboxylic acids is 1. The first-order valence-electron chi connectivity index (χ1n) is 8.73. The predicted octanol–water partition coefficient (Wildman–Crippen LogP) is 3.74. The maximum absolute atomic E-state index is 12.8. The average molecular weight is 459 g/mol. The van der Waals surface area contributed by atoms with E-state index in [4.69, 9.17) is 14.2 Å². The molecule has 2 aromatic rings. The van der Waals surface area contributed by atoms with E-state index < -0.39 is 32.8 Å².